The second kappa shape index (κ2) is 13.4. The number of hydrogen-bond acceptors (Lipinski definition) is 7. The van der Waals surface area contributed by atoms with Crippen LogP contribution in [0, 0.1) is 0 Å². The van der Waals surface area contributed by atoms with Gasteiger partial charge in [0.2, 0.25) is 0 Å². The molecular formula is C9H13CuN3O5. The van der Waals surface area contributed by atoms with Gasteiger partial charge in [-0.2, -0.15) is 0 Å². The van der Waals surface area contributed by atoms with E-state index in [2.05, 4.69) is 10.3 Å². The van der Waals surface area contributed by atoms with E-state index in [0.717, 1.165) is 5.69 Å². The van der Waals surface area contributed by atoms with Gasteiger partial charge in [0, 0.05) is 31.2 Å². The molecule has 18 heavy (non-hydrogen) atoms. The van der Waals surface area contributed by atoms with Gasteiger partial charge in [-0.25, -0.2) is 0 Å². The molecule has 0 aromatic carbocycles. The first kappa shape index (κ1) is 21.6. The summed E-state index contributed by atoms with van der Waals surface area (Å²) >= 11 is 0. The monoisotopic (exact) mass is 306 g/mol. The van der Waals surface area contributed by atoms with Gasteiger partial charge in [-0.15, -0.1) is 0 Å². The first-order chi connectivity index (χ1) is 7.52. The Hall–Kier alpha value is -1.67. The van der Waals surface area contributed by atoms with Crippen LogP contribution >= 0.6 is 0 Å². The average Bonchev–Trinajstić information content (AvgIpc) is 2.18. The van der Waals surface area contributed by atoms with Crippen LogP contribution in [-0.2, 0) is 26.7 Å². The smallest absolute Gasteiger partial charge is 0.549 e. The fraction of sp³-hybridized carbons (Fsp3) is 0.222. The summed E-state index contributed by atoms with van der Waals surface area (Å²) < 4.78 is 0. The van der Waals surface area contributed by atoms with Crippen molar-refractivity contribution in [2.45, 2.75) is 0 Å². The van der Waals surface area contributed by atoms with Crippen molar-refractivity contribution in [2.24, 2.45) is 0 Å². The first-order valence-electron chi connectivity index (χ1n) is 4.28. The summed E-state index contributed by atoms with van der Waals surface area (Å²) in [5.41, 5.74) is 6.08. The van der Waals surface area contributed by atoms with Gasteiger partial charge in [-0.1, -0.05) is 0 Å². The third-order valence-corrected chi connectivity index (χ3v) is 1.24. The Labute approximate surface area is 114 Å². The molecule has 5 N–H and O–H groups in total. The van der Waals surface area contributed by atoms with Crippen LogP contribution in [0.25, 0.3) is 0 Å². The maximum absolute atomic E-state index is 9.59. The molecule has 8 nitrogen and oxygen atoms in total. The summed E-state index contributed by atoms with van der Waals surface area (Å²) in [5.74, 6) is -2.67. The van der Waals surface area contributed by atoms with Crippen LogP contribution in [0.15, 0.2) is 24.5 Å². The van der Waals surface area contributed by atoms with E-state index in [4.69, 9.17) is 5.73 Å². The van der Waals surface area contributed by atoms with E-state index in [1.807, 2.05) is 0 Å². The summed E-state index contributed by atoms with van der Waals surface area (Å²) in [6.07, 6.45) is 3.32. The Morgan fingerprint density at radius 1 is 1.17 bits per heavy atom. The van der Waals surface area contributed by atoms with Crippen molar-refractivity contribution in [3.8, 4) is 0 Å². The SMILES string of the molecule is Nc1ccncc1.O.O=C([O-])CNCC(=O)[O-].[Cu+2]. The largest absolute Gasteiger partial charge is 2.00 e. The van der Waals surface area contributed by atoms with Crippen molar-refractivity contribution in [3.63, 3.8) is 0 Å². The van der Waals surface area contributed by atoms with Gasteiger partial charge >= 0.3 is 17.1 Å². The molecule has 1 heterocycles. The Bertz CT molecular complexity index is 322. The molecule has 1 aromatic heterocycles. The zero-order valence-electron chi connectivity index (χ0n) is 9.18. The fourth-order valence-electron chi connectivity index (χ4n) is 0.630. The topological polar surface area (TPSA) is 163 Å². The minimum absolute atomic E-state index is 0. The fourth-order valence-corrected chi connectivity index (χ4v) is 0.630. The maximum Gasteiger partial charge on any atom is 2.00 e. The minimum Gasteiger partial charge on any atom is -0.549 e. The summed E-state index contributed by atoms with van der Waals surface area (Å²) in [5, 5.41) is 21.2. The summed E-state index contributed by atoms with van der Waals surface area (Å²) in [6.45, 7) is -0.929. The third kappa shape index (κ3) is 16.7. The molecule has 0 unspecified atom stereocenters. The van der Waals surface area contributed by atoms with Crippen molar-refractivity contribution in [1.29, 1.82) is 0 Å². The van der Waals surface area contributed by atoms with Crippen LogP contribution in [0.2, 0.25) is 0 Å². The van der Waals surface area contributed by atoms with Gasteiger partial charge in [0.05, 0.1) is 11.9 Å². The number of aliphatic carboxylic acids is 2. The molecule has 0 saturated heterocycles. The number of nitrogens with one attached hydrogen (secondary N) is 1. The Morgan fingerprint density at radius 3 is 1.78 bits per heavy atom. The number of pyridine rings is 1. The van der Waals surface area contributed by atoms with E-state index in [0.29, 0.717) is 0 Å². The Morgan fingerprint density at radius 2 is 1.56 bits per heavy atom. The molecule has 0 amide bonds. The number of nitrogen functional groups attached to an aromatic ring is 1. The number of aromatic nitrogens is 1. The van der Waals surface area contributed by atoms with Gasteiger partial charge in [0.15, 0.2) is 0 Å². The first-order valence-corrected chi connectivity index (χ1v) is 4.28. The molecule has 0 aliphatic heterocycles. The molecule has 0 atom stereocenters. The molecule has 0 saturated carbocycles. The predicted octanol–water partition coefficient (Wildman–Crippen LogP) is -4.09. The van der Waals surface area contributed by atoms with Gasteiger partial charge in [0.1, 0.15) is 0 Å². The maximum atomic E-state index is 9.59. The standard InChI is InChI=1S/C5H6N2.C4H7NO4.Cu.H2O/c6-5-1-3-7-4-2-5;6-3(7)1-5-2-4(8)9;;/h1-4H,(H2,6,7);5H,1-2H2,(H,6,7)(H,8,9);;1H2/q;;+2;/p-2. The second-order valence-electron chi connectivity index (χ2n) is 2.63. The average molecular weight is 307 g/mol. The van der Waals surface area contributed by atoms with Crippen LogP contribution in [0.1, 0.15) is 0 Å². The Balaban J connectivity index is -0.000000229. The quantitative estimate of drug-likeness (QED) is 0.534. The van der Waals surface area contributed by atoms with Gasteiger partial charge in [0.25, 0.3) is 0 Å². The number of carboxylic acids is 2. The molecule has 0 bridgehead atoms. The summed E-state index contributed by atoms with van der Waals surface area (Å²) in [7, 11) is 0. The Kier molecular flexibility index (Phi) is 16.1. The van der Waals surface area contributed by atoms with Crippen molar-refractivity contribution < 1.29 is 42.3 Å². The number of carbonyl (C=O) groups excluding carboxylic acids is 2. The molecule has 0 aliphatic carbocycles. The minimum atomic E-state index is -1.34. The molecule has 1 rings (SSSR count). The van der Waals surface area contributed by atoms with Gasteiger partial charge in [-0.05, 0) is 12.1 Å². The third-order valence-electron chi connectivity index (χ3n) is 1.24. The van der Waals surface area contributed by atoms with Crippen molar-refractivity contribution in [1.82, 2.24) is 10.3 Å². The van der Waals surface area contributed by atoms with Crippen LogP contribution in [0.3, 0.4) is 0 Å². The van der Waals surface area contributed by atoms with Crippen molar-refractivity contribution in [3.05, 3.63) is 24.5 Å². The van der Waals surface area contributed by atoms with Gasteiger partial charge < -0.3 is 36.3 Å². The van der Waals surface area contributed by atoms with Crippen LogP contribution in [0.5, 0.6) is 0 Å². The van der Waals surface area contributed by atoms with E-state index in [1.54, 1.807) is 24.5 Å². The molecule has 0 aliphatic rings. The van der Waals surface area contributed by atoms with E-state index >= 15 is 0 Å². The predicted molar refractivity (Wildman–Crippen MR) is 55.1 cm³/mol. The molecule has 1 radical (unpaired) electrons. The van der Waals surface area contributed by atoms with Gasteiger partial charge in [-0.3, -0.25) is 4.98 Å². The molecule has 0 spiro atoms. The summed E-state index contributed by atoms with van der Waals surface area (Å²) in [6, 6.07) is 3.50. The molecular weight excluding hydrogens is 294 g/mol. The molecule has 0 fully saturated rings. The van der Waals surface area contributed by atoms with E-state index in [-0.39, 0.29) is 22.5 Å². The van der Waals surface area contributed by atoms with Crippen LogP contribution in [-0.4, -0.2) is 35.5 Å². The number of nitrogens with two attached hydrogens (primary N) is 1. The molecule has 1 aromatic rings. The van der Waals surface area contributed by atoms with E-state index in [1.165, 1.54) is 0 Å². The van der Waals surface area contributed by atoms with Crippen LogP contribution in [0.4, 0.5) is 5.69 Å². The molecule has 105 valence electrons. The van der Waals surface area contributed by atoms with Crippen molar-refractivity contribution in [2.75, 3.05) is 18.8 Å². The number of hydrogen-bond donors (Lipinski definition) is 2. The zero-order valence-corrected chi connectivity index (χ0v) is 10.1. The number of anilines is 1. The zero-order chi connectivity index (χ0) is 12.4. The number of rotatable bonds is 4. The number of carboxylic acid groups (broad SMARTS) is 2. The van der Waals surface area contributed by atoms with E-state index < -0.39 is 25.0 Å². The summed E-state index contributed by atoms with van der Waals surface area (Å²) in [4.78, 5) is 23.0. The van der Waals surface area contributed by atoms with E-state index in [9.17, 15) is 19.8 Å². The molecule has 9 heteroatoms. The van der Waals surface area contributed by atoms with Crippen LogP contribution < -0.4 is 21.3 Å². The van der Waals surface area contributed by atoms with Crippen molar-refractivity contribution >= 4 is 17.6 Å². The second-order valence-corrected chi connectivity index (χ2v) is 2.63. The number of carbonyl (C=O) groups is 2. The normalized spacial score (nSPS) is 7.78. The number of nitrogens with zero attached hydrogens (tertiary/aromatic N) is 1.